The van der Waals surface area contributed by atoms with Crippen molar-refractivity contribution in [1.82, 2.24) is 0 Å². The van der Waals surface area contributed by atoms with E-state index >= 15 is 0 Å². The van der Waals surface area contributed by atoms with Crippen LogP contribution in [0.3, 0.4) is 0 Å². The van der Waals surface area contributed by atoms with E-state index in [1.165, 1.54) is 0 Å². The van der Waals surface area contributed by atoms with Crippen molar-refractivity contribution in [3.8, 4) is 0 Å². The van der Waals surface area contributed by atoms with Gasteiger partial charge in [0.15, 0.2) is 0 Å². The van der Waals surface area contributed by atoms with Gasteiger partial charge in [-0.25, -0.2) is 0 Å². The Morgan fingerprint density at radius 2 is 1.48 bits per heavy atom. The second kappa shape index (κ2) is 8.55. The zero-order valence-electron chi connectivity index (χ0n) is 16.9. The van der Waals surface area contributed by atoms with Gasteiger partial charge in [0.2, 0.25) is 0 Å². The Bertz CT molecular complexity index is 465. The highest BCUT2D eigenvalue weighted by molar-refractivity contribution is 5.87. The van der Waals surface area contributed by atoms with Gasteiger partial charge in [-0.05, 0) is 49.9 Å². The van der Waals surface area contributed by atoms with E-state index in [1.54, 1.807) is 0 Å². The summed E-state index contributed by atoms with van der Waals surface area (Å²) in [5.41, 5.74) is -2.01. The third kappa shape index (κ3) is 4.98. The lowest BCUT2D eigenvalue weighted by Gasteiger charge is -2.49. The number of aliphatic carboxylic acids is 2. The largest absolute Gasteiger partial charge is 0.481 e. The molecule has 0 saturated heterocycles. The second-order valence-corrected chi connectivity index (χ2v) is 9.49. The van der Waals surface area contributed by atoms with Crippen LogP contribution < -0.4 is 0 Å². The molecular weight excluding hydrogens is 316 g/mol. The Morgan fingerprint density at radius 1 is 1.00 bits per heavy atom. The molecule has 1 fully saturated rings. The first kappa shape index (κ1) is 22.0. The molecule has 3 atom stereocenters. The van der Waals surface area contributed by atoms with Gasteiger partial charge in [0.05, 0.1) is 10.8 Å². The maximum Gasteiger partial charge on any atom is 0.310 e. The molecule has 0 radical (unpaired) electrons. The number of rotatable bonds is 9. The Hall–Kier alpha value is -1.06. The molecule has 4 nitrogen and oxygen atoms in total. The molecule has 0 aromatic rings. The molecule has 0 bridgehead atoms. The topological polar surface area (TPSA) is 74.6 Å². The van der Waals surface area contributed by atoms with Crippen molar-refractivity contribution >= 4 is 11.9 Å². The number of unbranched alkanes of at least 4 members (excludes halogenated alkanes) is 1. The highest BCUT2D eigenvalue weighted by Crippen LogP contribution is 2.57. The summed E-state index contributed by atoms with van der Waals surface area (Å²) in [7, 11) is 0. The molecular formula is C21H38O4. The quantitative estimate of drug-likeness (QED) is 0.553. The van der Waals surface area contributed by atoms with E-state index < -0.39 is 22.8 Å². The molecule has 0 aliphatic heterocycles. The summed E-state index contributed by atoms with van der Waals surface area (Å²) in [4.78, 5) is 24.7. The second-order valence-electron chi connectivity index (χ2n) is 9.49. The van der Waals surface area contributed by atoms with Crippen molar-refractivity contribution in [3.63, 3.8) is 0 Å². The van der Waals surface area contributed by atoms with Crippen molar-refractivity contribution in [3.05, 3.63) is 0 Å². The zero-order chi connectivity index (χ0) is 19.3. The van der Waals surface area contributed by atoms with Gasteiger partial charge in [0.1, 0.15) is 0 Å². The average molecular weight is 355 g/mol. The van der Waals surface area contributed by atoms with Gasteiger partial charge in [-0.3, -0.25) is 9.59 Å². The summed E-state index contributed by atoms with van der Waals surface area (Å²) < 4.78 is 0. The minimum atomic E-state index is -1.11. The summed E-state index contributed by atoms with van der Waals surface area (Å²) in [6.45, 7) is 10.8. The lowest BCUT2D eigenvalue weighted by molar-refractivity contribution is -0.182. The van der Waals surface area contributed by atoms with Crippen molar-refractivity contribution in [2.24, 2.45) is 22.2 Å². The molecule has 0 aromatic carbocycles. The number of carboxylic acid groups (broad SMARTS) is 2. The molecule has 146 valence electrons. The number of carboxylic acids is 2. The van der Waals surface area contributed by atoms with Crippen LogP contribution in [-0.4, -0.2) is 22.2 Å². The molecule has 4 heteroatoms. The smallest absolute Gasteiger partial charge is 0.310 e. The van der Waals surface area contributed by atoms with Crippen molar-refractivity contribution in [2.45, 2.75) is 98.8 Å². The molecule has 1 aliphatic rings. The van der Waals surface area contributed by atoms with E-state index in [2.05, 4.69) is 27.7 Å². The molecule has 0 aromatic heterocycles. The first-order chi connectivity index (χ1) is 11.5. The molecule has 0 amide bonds. The maximum absolute atomic E-state index is 12.4. The van der Waals surface area contributed by atoms with Crippen LogP contribution in [0.4, 0.5) is 0 Å². The van der Waals surface area contributed by atoms with Gasteiger partial charge in [0.25, 0.3) is 0 Å². The monoisotopic (exact) mass is 354 g/mol. The molecule has 2 N–H and O–H groups in total. The Kier molecular flexibility index (Phi) is 7.52. The van der Waals surface area contributed by atoms with Gasteiger partial charge in [0, 0.05) is 0 Å². The number of carbonyl (C=O) groups is 2. The van der Waals surface area contributed by atoms with Crippen LogP contribution in [0.15, 0.2) is 0 Å². The van der Waals surface area contributed by atoms with Crippen LogP contribution >= 0.6 is 0 Å². The molecule has 25 heavy (non-hydrogen) atoms. The van der Waals surface area contributed by atoms with Crippen molar-refractivity contribution in [2.75, 3.05) is 0 Å². The van der Waals surface area contributed by atoms with Crippen molar-refractivity contribution in [1.29, 1.82) is 0 Å². The minimum absolute atomic E-state index is 0.203. The molecule has 1 rings (SSSR count). The van der Waals surface area contributed by atoms with Crippen LogP contribution in [0.25, 0.3) is 0 Å². The van der Waals surface area contributed by atoms with Gasteiger partial charge in [-0.15, -0.1) is 0 Å². The number of hydrogen-bond acceptors (Lipinski definition) is 2. The zero-order valence-corrected chi connectivity index (χ0v) is 16.9. The van der Waals surface area contributed by atoms with E-state index in [0.717, 1.165) is 38.5 Å². The molecule has 3 unspecified atom stereocenters. The van der Waals surface area contributed by atoms with Crippen LogP contribution in [-0.2, 0) is 9.59 Å². The van der Waals surface area contributed by atoms with E-state index in [9.17, 15) is 19.8 Å². The lowest BCUT2D eigenvalue weighted by Crippen LogP contribution is -2.54. The van der Waals surface area contributed by atoms with Gasteiger partial charge in [-0.2, -0.15) is 0 Å². The summed E-state index contributed by atoms with van der Waals surface area (Å²) in [5.74, 6) is -1.39. The fraction of sp³-hybridized carbons (Fsp3) is 0.905. The highest BCUT2D eigenvalue weighted by atomic mass is 16.4. The predicted octanol–water partition coefficient (Wildman–Crippen LogP) is 5.75. The van der Waals surface area contributed by atoms with Crippen molar-refractivity contribution < 1.29 is 19.8 Å². The molecule has 0 heterocycles. The average Bonchev–Trinajstić information content (AvgIpc) is 2.49. The predicted molar refractivity (Wildman–Crippen MR) is 101 cm³/mol. The standard InChI is InChI=1S/C21H38O4/c1-6-7-11-20(17(22)23)12-8-9-13-21(20,18(24)25)14-10-16(2)15-19(3,4)5/h16H,6-15H2,1-5H3,(H,22,23)(H,24,25). The number of hydrogen-bond donors (Lipinski definition) is 2. The lowest BCUT2D eigenvalue weighted by atomic mass is 9.52. The third-order valence-electron chi connectivity index (χ3n) is 6.17. The van der Waals surface area contributed by atoms with E-state index in [-0.39, 0.29) is 5.41 Å². The summed E-state index contributed by atoms with van der Waals surface area (Å²) in [5, 5.41) is 20.2. The van der Waals surface area contributed by atoms with Gasteiger partial charge in [-0.1, -0.05) is 60.3 Å². The van der Waals surface area contributed by atoms with E-state index in [4.69, 9.17) is 0 Å². The molecule has 1 saturated carbocycles. The minimum Gasteiger partial charge on any atom is -0.481 e. The maximum atomic E-state index is 12.4. The molecule has 1 aliphatic carbocycles. The van der Waals surface area contributed by atoms with Crippen LogP contribution in [0, 0.1) is 22.2 Å². The third-order valence-corrected chi connectivity index (χ3v) is 6.17. The fourth-order valence-electron chi connectivity index (χ4n) is 5.02. The Morgan fingerprint density at radius 3 is 1.88 bits per heavy atom. The van der Waals surface area contributed by atoms with Crippen LogP contribution in [0.5, 0.6) is 0 Å². The summed E-state index contributed by atoms with van der Waals surface area (Å²) in [6.07, 6.45) is 7.09. The van der Waals surface area contributed by atoms with E-state index in [0.29, 0.717) is 31.6 Å². The normalized spacial score (nSPS) is 28.5. The van der Waals surface area contributed by atoms with Gasteiger partial charge < -0.3 is 10.2 Å². The van der Waals surface area contributed by atoms with Crippen LogP contribution in [0.1, 0.15) is 98.8 Å². The Balaban J connectivity index is 3.12. The fourth-order valence-corrected chi connectivity index (χ4v) is 5.02. The highest BCUT2D eigenvalue weighted by Gasteiger charge is 2.61. The first-order valence-electron chi connectivity index (χ1n) is 9.97. The van der Waals surface area contributed by atoms with Gasteiger partial charge >= 0.3 is 11.9 Å². The SMILES string of the molecule is CCCCC1(C(=O)O)CCCCC1(CCC(C)CC(C)(C)C)C(=O)O. The Labute approximate surface area is 153 Å². The summed E-state index contributed by atoms with van der Waals surface area (Å²) >= 11 is 0. The van der Waals surface area contributed by atoms with Crippen LogP contribution in [0.2, 0.25) is 0 Å². The van der Waals surface area contributed by atoms with E-state index in [1.807, 2.05) is 6.92 Å². The molecule has 0 spiro atoms. The first-order valence-corrected chi connectivity index (χ1v) is 9.97. The summed E-state index contributed by atoms with van der Waals surface area (Å²) in [6, 6.07) is 0.